The Balaban J connectivity index is 1.62. The van der Waals surface area contributed by atoms with Crippen LogP contribution < -0.4 is 10.6 Å². The van der Waals surface area contributed by atoms with Gasteiger partial charge in [-0.3, -0.25) is 9.69 Å². The van der Waals surface area contributed by atoms with E-state index >= 15 is 0 Å². The number of amides is 1. The zero-order valence-corrected chi connectivity index (χ0v) is 11.5. The molecule has 0 radical (unpaired) electrons. The van der Waals surface area contributed by atoms with Crippen LogP contribution in [0.1, 0.15) is 12.8 Å². The summed E-state index contributed by atoms with van der Waals surface area (Å²) in [5.74, 6) is 0.460. The van der Waals surface area contributed by atoms with Crippen molar-refractivity contribution < 1.29 is 4.79 Å². The monoisotopic (exact) mass is 254 g/mol. The molecule has 18 heavy (non-hydrogen) atoms. The Labute approximate surface area is 110 Å². The number of rotatable bonds is 4. The van der Waals surface area contributed by atoms with Crippen LogP contribution in [0.4, 0.5) is 0 Å². The predicted octanol–water partition coefficient (Wildman–Crippen LogP) is -0.650. The Kier molecular flexibility index (Phi) is 5.41. The van der Waals surface area contributed by atoms with Crippen LogP contribution in [0.5, 0.6) is 0 Å². The summed E-state index contributed by atoms with van der Waals surface area (Å²) in [6.07, 6.45) is 2.03. The van der Waals surface area contributed by atoms with Gasteiger partial charge < -0.3 is 15.5 Å². The molecule has 5 heteroatoms. The van der Waals surface area contributed by atoms with Crippen LogP contribution in [0, 0.1) is 5.92 Å². The zero-order chi connectivity index (χ0) is 12.8. The summed E-state index contributed by atoms with van der Waals surface area (Å²) >= 11 is 0. The van der Waals surface area contributed by atoms with Crippen molar-refractivity contribution in [2.45, 2.75) is 12.8 Å². The third-order valence-electron chi connectivity index (χ3n) is 4.15. The van der Waals surface area contributed by atoms with Crippen molar-refractivity contribution in [3.05, 3.63) is 0 Å². The molecule has 2 saturated heterocycles. The first-order chi connectivity index (χ1) is 8.79. The van der Waals surface area contributed by atoms with Crippen LogP contribution in [0.15, 0.2) is 0 Å². The van der Waals surface area contributed by atoms with E-state index < -0.39 is 0 Å². The number of nitrogens with one attached hydrogen (secondary N) is 2. The molecule has 2 aliphatic rings. The molecule has 0 aromatic rings. The van der Waals surface area contributed by atoms with Crippen LogP contribution in [0.25, 0.3) is 0 Å². The molecule has 1 amide bonds. The maximum atomic E-state index is 11.5. The highest BCUT2D eigenvalue weighted by Gasteiger charge is 2.24. The average Bonchev–Trinajstić information content (AvgIpc) is 2.46. The van der Waals surface area contributed by atoms with E-state index in [4.69, 9.17) is 0 Å². The van der Waals surface area contributed by atoms with Gasteiger partial charge in [0.25, 0.3) is 0 Å². The zero-order valence-electron chi connectivity index (χ0n) is 11.5. The first kappa shape index (κ1) is 13.8. The van der Waals surface area contributed by atoms with Crippen molar-refractivity contribution in [2.75, 3.05) is 59.4 Å². The van der Waals surface area contributed by atoms with Crippen LogP contribution in [0.2, 0.25) is 0 Å². The molecule has 2 aliphatic heterocycles. The Morgan fingerprint density at radius 3 is 2.22 bits per heavy atom. The first-order valence-corrected chi connectivity index (χ1v) is 7.16. The van der Waals surface area contributed by atoms with Crippen LogP contribution >= 0.6 is 0 Å². The quantitative estimate of drug-likeness (QED) is 0.700. The smallest absolute Gasteiger partial charge is 0.222 e. The SMILES string of the molecule is CNC(=O)C1CCN(CCN2CCNCC2)CC1. The van der Waals surface area contributed by atoms with Crippen molar-refractivity contribution in [3.63, 3.8) is 0 Å². The van der Waals surface area contributed by atoms with Gasteiger partial charge in [-0.25, -0.2) is 0 Å². The largest absolute Gasteiger partial charge is 0.359 e. The molecule has 0 unspecified atom stereocenters. The summed E-state index contributed by atoms with van der Waals surface area (Å²) in [4.78, 5) is 16.6. The fraction of sp³-hybridized carbons (Fsp3) is 0.923. The van der Waals surface area contributed by atoms with E-state index in [1.54, 1.807) is 7.05 Å². The lowest BCUT2D eigenvalue weighted by atomic mass is 9.96. The van der Waals surface area contributed by atoms with Gasteiger partial charge in [-0.05, 0) is 25.9 Å². The van der Waals surface area contributed by atoms with Gasteiger partial charge in [0.2, 0.25) is 5.91 Å². The highest BCUT2D eigenvalue weighted by atomic mass is 16.1. The molecular weight excluding hydrogens is 228 g/mol. The Morgan fingerprint density at radius 1 is 1.11 bits per heavy atom. The molecule has 0 aliphatic carbocycles. The number of nitrogens with zero attached hydrogens (tertiary/aromatic N) is 2. The van der Waals surface area contributed by atoms with Crippen molar-refractivity contribution in [1.82, 2.24) is 20.4 Å². The number of carbonyl (C=O) groups is 1. The highest BCUT2D eigenvalue weighted by Crippen LogP contribution is 2.16. The van der Waals surface area contributed by atoms with Crippen LogP contribution in [-0.2, 0) is 4.79 Å². The van der Waals surface area contributed by atoms with Gasteiger partial charge in [0.05, 0.1) is 0 Å². The molecule has 2 fully saturated rings. The van der Waals surface area contributed by atoms with Crippen molar-refractivity contribution in [3.8, 4) is 0 Å². The third-order valence-corrected chi connectivity index (χ3v) is 4.15. The normalized spacial score (nSPS) is 24.1. The summed E-state index contributed by atoms with van der Waals surface area (Å²) < 4.78 is 0. The number of carbonyl (C=O) groups excluding carboxylic acids is 1. The van der Waals surface area contributed by atoms with Crippen LogP contribution in [-0.4, -0.2) is 75.1 Å². The summed E-state index contributed by atoms with van der Waals surface area (Å²) in [5, 5.41) is 6.14. The van der Waals surface area contributed by atoms with Gasteiger partial charge >= 0.3 is 0 Å². The van der Waals surface area contributed by atoms with Gasteiger partial charge in [-0.15, -0.1) is 0 Å². The number of piperazine rings is 1. The second kappa shape index (κ2) is 7.07. The summed E-state index contributed by atoms with van der Waals surface area (Å²) in [7, 11) is 1.74. The second-order valence-electron chi connectivity index (χ2n) is 5.32. The molecule has 0 bridgehead atoms. The molecule has 5 nitrogen and oxygen atoms in total. The lowest BCUT2D eigenvalue weighted by Crippen LogP contribution is -2.47. The van der Waals surface area contributed by atoms with E-state index in [0.29, 0.717) is 0 Å². The standard InChI is InChI=1S/C13H26N4O/c1-14-13(18)12-2-6-16(7-3-12)10-11-17-8-4-15-5-9-17/h12,15H,2-11H2,1H3,(H,14,18). The van der Waals surface area contributed by atoms with E-state index in [1.165, 1.54) is 19.6 Å². The van der Waals surface area contributed by atoms with E-state index in [1.807, 2.05) is 0 Å². The van der Waals surface area contributed by atoms with Crippen molar-refractivity contribution >= 4 is 5.91 Å². The Bertz CT molecular complexity index is 258. The molecule has 2 rings (SSSR count). The van der Waals surface area contributed by atoms with Crippen molar-refractivity contribution in [1.29, 1.82) is 0 Å². The molecule has 2 heterocycles. The summed E-state index contributed by atoms with van der Waals surface area (Å²) in [5.41, 5.74) is 0. The van der Waals surface area contributed by atoms with Gasteiger partial charge in [0, 0.05) is 52.2 Å². The van der Waals surface area contributed by atoms with Gasteiger partial charge in [0.1, 0.15) is 0 Å². The second-order valence-corrected chi connectivity index (χ2v) is 5.32. The lowest BCUT2D eigenvalue weighted by Gasteiger charge is -2.34. The third kappa shape index (κ3) is 3.93. The molecule has 0 spiro atoms. The Hall–Kier alpha value is -0.650. The van der Waals surface area contributed by atoms with Gasteiger partial charge in [-0.2, -0.15) is 0 Å². The summed E-state index contributed by atoms with van der Waals surface area (Å²) in [6, 6.07) is 0. The van der Waals surface area contributed by atoms with E-state index in [0.717, 1.165) is 45.6 Å². The maximum Gasteiger partial charge on any atom is 0.222 e. The molecule has 0 saturated carbocycles. The number of hydrogen-bond donors (Lipinski definition) is 2. The number of piperidine rings is 1. The molecule has 0 aromatic heterocycles. The highest BCUT2D eigenvalue weighted by molar-refractivity contribution is 5.78. The van der Waals surface area contributed by atoms with E-state index in [9.17, 15) is 4.79 Å². The van der Waals surface area contributed by atoms with E-state index in [-0.39, 0.29) is 11.8 Å². The molecule has 104 valence electrons. The maximum absolute atomic E-state index is 11.5. The topological polar surface area (TPSA) is 47.6 Å². The lowest BCUT2D eigenvalue weighted by molar-refractivity contribution is -0.125. The molecule has 0 atom stereocenters. The molecule has 0 aromatic carbocycles. The van der Waals surface area contributed by atoms with Gasteiger partial charge in [-0.1, -0.05) is 0 Å². The number of likely N-dealkylation sites (tertiary alicyclic amines) is 1. The minimum atomic E-state index is 0.219. The minimum absolute atomic E-state index is 0.219. The first-order valence-electron chi connectivity index (χ1n) is 7.16. The fourth-order valence-corrected chi connectivity index (χ4v) is 2.84. The fourth-order valence-electron chi connectivity index (χ4n) is 2.84. The molecular formula is C13H26N4O. The van der Waals surface area contributed by atoms with Gasteiger partial charge in [0.15, 0.2) is 0 Å². The average molecular weight is 254 g/mol. The molecule has 2 N–H and O–H groups in total. The predicted molar refractivity (Wildman–Crippen MR) is 72.5 cm³/mol. The minimum Gasteiger partial charge on any atom is -0.359 e. The Morgan fingerprint density at radius 2 is 1.67 bits per heavy atom. The van der Waals surface area contributed by atoms with E-state index in [2.05, 4.69) is 20.4 Å². The summed E-state index contributed by atoms with van der Waals surface area (Å²) in [6.45, 7) is 9.07. The number of hydrogen-bond acceptors (Lipinski definition) is 4. The van der Waals surface area contributed by atoms with Crippen molar-refractivity contribution in [2.24, 2.45) is 5.92 Å². The van der Waals surface area contributed by atoms with Crippen LogP contribution in [0.3, 0.4) is 0 Å².